The van der Waals surface area contributed by atoms with Crippen molar-refractivity contribution in [3.63, 3.8) is 0 Å². The highest BCUT2D eigenvalue weighted by Gasteiger charge is 2.11. The fourth-order valence-corrected chi connectivity index (χ4v) is 2.10. The van der Waals surface area contributed by atoms with Crippen LogP contribution >= 0.6 is 23.2 Å². The first-order valence-corrected chi connectivity index (χ1v) is 5.40. The first-order chi connectivity index (χ1) is 8.52. The second-order valence-corrected chi connectivity index (χ2v) is 4.20. The molecule has 6 nitrogen and oxygen atoms in total. The summed E-state index contributed by atoms with van der Waals surface area (Å²) in [6.45, 7) is 0. The van der Waals surface area contributed by atoms with E-state index in [1.54, 1.807) is 0 Å². The Hall–Kier alpha value is -2.01. The molecule has 0 saturated heterocycles. The number of rotatable bonds is 1. The van der Waals surface area contributed by atoms with Gasteiger partial charge in [-0.15, -0.1) is 0 Å². The lowest BCUT2D eigenvalue weighted by molar-refractivity contribution is 0.0996. The minimum Gasteiger partial charge on any atom is -0.352 e. The molecule has 1 N–H and O–H groups in total. The first-order valence-electron chi connectivity index (χ1n) is 4.64. The summed E-state index contributed by atoms with van der Waals surface area (Å²) in [4.78, 5) is 28.2. The van der Waals surface area contributed by atoms with Crippen LogP contribution in [0.4, 0.5) is 0 Å². The molecule has 0 atom stereocenters. The van der Waals surface area contributed by atoms with Gasteiger partial charge in [0, 0.05) is 16.0 Å². The molecule has 0 aliphatic heterocycles. The van der Waals surface area contributed by atoms with Gasteiger partial charge in [0.15, 0.2) is 5.43 Å². The molecule has 90 valence electrons. The molecule has 2 rings (SSSR count). The monoisotopic (exact) mass is 282 g/mol. The molecule has 1 amide bonds. The van der Waals surface area contributed by atoms with Gasteiger partial charge in [0.05, 0.1) is 21.6 Å². The van der Waals surface area contributed by atoms with E-state index in [-0.39, 0.29) is 16.1 Å². The van der Waals surface area contributed by atoms with Gasteiger partial charge in [-0.05, 0) is 22.8 Å². The van der Waals surface area contributed by atoms with Crippen LogP contribution in [-0.2, 0) is 0 Å². The van der Waals surface area contributed by atoms with E-state index in [1.807, 2.05) is 0 Å². The van der Waals surface area contributed by atoms with Crippen molar-refractivity contribution >= 4 is 40.0 Å². The predicted molar refractivity (Wildman–Crippen MR) is 68.1 cm³/mol. The normalized spacial score (nSPS) is 10.1. The summed E-state index contributed by atoms with van der Waals surface area (Å²) in [5.74, 6) is -0.882. The number of hydrogen-bond donors (Lipinski definition) is 1. The number of azide groups is 1. The van der Waals surface area contributed by atoms with E-state index in [0.717, 1.165) is 6.07 Å². The number of hydrogen-bond acceptors (Lipinski definition) is 2. The minimum absolute atomic E-state index is 0.122. The van der Waals surface area contributed by atoms with Crippen LogP contribution in [0.1, 0.15) is 10.5 Å². The first kappa shape index (κ1) is 12.4. The Morgan fingerprint density at radius 1 is 1.33 bits per heavy atom. The van der Waals surface area contributed by atoms with Gasteiger partial charge < -0.3 is 4.98 Å². The Morgan fingerprint density at radius 2 is 2.06 bits per heavy atom. The molecule has 18 heavy (non-hydrogen) atoms. The molecule has 0 unspecified atom stereocenters. The maximum atomic E-state index is 11.8. The average molecular weight is 283 g/mol. The Morgan fingerprint density at radius 3 is 2.72 bits per heavy atom. The lowest BCUT2D eigenvalue weighted by Gasteiger charge is -2.03. The maximum Gasteiger partial charge on any atom is 0.265 e. The SMILES string of the molecule is [N-]=[N+]=NC(=O)c1cc(=O)c2c(Cl)cc(Cl)cc2[nH]1. The van der Waals surface area contributed by atoms with Gasteiger partial charge in [-0.2, -0.15) is 0 Å². The zero-order valence-corrected chi connectivity index (χ0v) is 10.2. The summed E-state index contributed by atoms with van der Waals surface area (Å²) in [7, 11) is 0. The number of halogens is 2. The highest BCUT2D eigenvalue weighted by molar-refractivity contribution is 6.38. The van der Waals surface area contributed by atoms with Crippen LogP contribution in [0.5, 0.6) is 0 Å². The van der Waals surface area contributed by atoms with E-state index >= 15 is 0 Å². The number of carbonyl (C=O) groups is 1. The van der Waals surface area contributed by atoms with E-state index in [4.69, 9.17) is 28.7 Å². The smallest absolute Gasteiger partial charge is 0.265 e. The van der Waals surface area contributed by atoms with E-state index < -0.39 is 11.3 Å². The molecule has 0 saturated carbocycles. The van der Waals surface area contributed by atoms with Crippen LogP contribution in [0.3, 0.4) is 0 Å². The molecule has 2 aromatic rings. The van der Waals surface area contributed by atoms with Crippen molar-refractivity contribution in [2.45, 2.75) is 0 Å². The zero-order chi connectivity index (χ0) is 13.3. The Labute approximate surface area is 110 Å². The third-order valence-corrected chi connectivity index (χ3v) is 2.73. The van der Waals surface area contributed by atoms with Crippen molar-refractivity contribution < 1.29 is 4.79 Å². The van der Waals surface area contributed by atoms with E-state index in [0.29, 0.717) is 10.5 Å². The number of nitrogens with one attached hydrogen (secondary N) is 1. The van der Waals surface area contributed by atoms with Crippen molar-refractivity contribution in [3.05, 3.63) is 54.6 Å². The number of benzene rings is 1. The van der Waals surface area contributed by atoms with E-state index in [2.05, 4.69) is 15.0 Å². The standard InChI is InChI=1S/C10H4Cl2N4O2/c11-4-1-5(12)9-6(2-4)14-7(3-8(9)17)10(18)15-16-13/h1-3H,(H,14,17). The molecule has 0 aliphatic carbocycles. The van der Waals surface area contributed by atoms with Crippen molar-refractivity contribution in [2.75, 3.05) is 0 Å². The third-order valence-electron chi connectivity index (χ3n) is 2.21. The quantitative estimate of drug-likeness (QED) is 0.493. The summed E-state index contributed by atoms with van der Waals surface area (Å²) < 4.78 is 0. The van der Waals surface area contributed by atoms with Gasteiger partial charge >= 0.3 is 0 Å². The average Bonchev–Trinajstić information content (AvgIpc) is 2.27. The number of H-pyrrole nitrogens is 1. The summed E-state index contributed by atoms with van der Waals surface area (Å²) in [5.41, 5.74) is 7.90. The number of nitrogens with zero attached hydrogens (tertiary/aromatic N) is 3. The molecule has 8 heteroatoms. The molecule has 1 heterocycles. The Bertz CT molecular complexity index is 762. The van der Waals surface area contributed by atoms with E-state index in [9.17, 15) is 9.59 Å². The van der Waals surface area contributed by atoms with Crippen LogP contribution in [0.15, 0.2) is 28.1 Å². The molecule has 0 bridgehead atoms. The van der Waals surface area contributed by atoms with Gasteiger partial charge in [-0.25, -0.2) is 0 Å². The predicted octanol–water partition coefficient (Wildman–Crippen LogP) is 3.29. The largest absolute Gasteiger partial charge is 0.352 e. The number of pyridine rings is 1. The number of amides is 1. The van der Waals surface area contributed by atoms with Crippen LogP contribution in [0.25, 0.3) is 21.3 Å². The number of aromatic amines is 1. The fraction of sp³-hybridized carbons (Fsp3) is 0. The van der Waals surface area contributed by atoms with Gasteiger partial charge in [0.1, 0.15) is 0 Å². The highest BCUT2D eigenvalue weighted by Crippen LogP contribution is 2.24. The highest BCUT2D eigenvalue weighted by atomic mass is 35.5. The third kappa shape index (κ3) is 2.17. The van der Waals surface area contributed by atoms with Gasteiger partial charge in [-0.1, -0.05) is 23.2 Å². The van der Waals surface area contributed by atoms with E-state index in [1.165, 1.54) is 12.1 Å². The molecule has 1 aromatic heterocycles. The van der Waals surface area contributed by atoms with Crippen LogP contribution in [0.2, 0.25) is 10.0 Å². The van der Waals surface area contributed by atoms with Gasteiger partial charge in [0.25, 0.3) is 5.91 Å². The topological polar surface area (TPSA) is 98.7 Å². The van der Waals surface area contributed by atoms with Crippen LogP contribution < -0.4 is 5.43 Å². The van der Waals surface area contributed by atoms with Crippen molar-refractivity contribution in [1.82, 2.24) is 4.98 Å². The van der Waals surface area contributed by atoms with Crippen molar-refractivity contribution in [2.24, 2.45) is 5.11 Å². The Balaban J connectivity index is 2.81. The summed E-state index contributed by atoms with van der Waals surface area (Å²) in [6, 6.07) is 3.91. The molecular formula is C10H4Cl2N4O2. The van der Waals surface area contributed by atoms with Gasteiger partial charge in [-0.3, -0.25) is 9.59 Å². The molecule has 1 aromatic carbocycles. The summed E-state index contributed by atoms with van der Waals surface area (Å²) in [5, 5.41) is 3.61. The number of fused-ring (bicyclic) bond motifs is 1. The van der Waals surface area contributed by atoms with Crippen LogP contribution in [0, 0.1) is 0 Å². The van der Waals surface area contributed by atoms with Gasteiger partial charge in [0.2, 0.25) is 0 Å². The number of carbonyl (C=O) groups excluding carboxylic acids is 1. The fourth-order valence-electron chi connectivity index (χ4n) is 1.52. The zero-order valence-electron chi connectivity index (χ0n) is 8.65. The van der Waals surface area contributed by atoms with Crippen molar-refractivity contribution in [1.29, 1.82) is 0 Å². The molecule has 0 radical (unpaired) electrons. The minimum atomic E-state index is -0.882. The molecule has 0 aliphatic rings. The summed E-state index contributed by atoms with van der Waals surface area (Å²) >= 11 is 11.7. The molecule has 0 spiro atoms. The van der Waals surface area contributed by atoms with Crippen LogP contribution in [-0.4, -0.2) is 10.9 Å². The molecular weight excluding hydrogens is 279 g/mol. The summed E-state index contributed by atoms with van der Waals surface area (Å²) in [6.07, 6.45) is 0. The lowest BCUT2D eigenvalue weighted by atomic mass is 10.2. The Kier molecular flexibility index (Phi) is 3.25. The lowest BCUT2D eigenvalue weighted by Crippen LogP contribution is -2.08. The maximum absolute atomic E-state index is 11.8. The second kappa shape index (κ2) is 4.70. The number of aromatic nitrogens is 1. The molecule has 0 fully saturated rings. The van der Waals surface area contributed by atoms with Crippen molar-refractivity contribution in [3.8, 4) is 0 Å². The second-order valence-electron chi connectivity index (χ2n) is 3.35.